The molecule has 21 heavy (non-hydrogen) atoms. The molecular weight excluding hydrogens is 396 g/mol. The molecule has 3 aromatic rings. The van der Waals surface area contributed by atoms with Gasteiger partial charge in [-0.3, -0.25) is 15.8 Å². The van der Waals surface area contributed by atoms with E-state index in [1.165, 1.54) is 0 Å². The molecule has 4 nitrogen and oxygen atoms in total. The third-order valence-electron chi connectivity index (χ3n) is 3.24. The van der Waals surface area contributed by atoms with Gasteiger partial charge in [0.1, 0.15) is 0 Å². The van der Waals surface area contributed by atoms with Gasteiger partial charge in [0.15, 0.2) is 0 Å². The highest BCUT2D eigenvalue weighted by Gasteiger charge is 2.17. The molecule has 0 fully saturated rings. The first-order valence-electron chi connectivity index (χ1n) is 6.31. The van der Waals surface area contributed by atoms with E-state index in [9.17, 15) is 0 Å². The van der Waals surface area contributed by atoms with Crippen LogP contribution in [0.25, 0.3) is 10.9 Å². The van der Waals surface area contributed by atoms with Crippen molar-refractivity contribution in [2.24, 2.45) is 5.84 Å². The summed E-state index contributed by atoms with van der Waals surface area (Å²) in [4.78, 5) is 8.83. The van der Waals surface area contributed by atoms with Crippen molar-refractivity contribution in [3.05, 3.63) is 69.0 Å². The number of benzene rings is 1. The van der Waals surface area contributed by atoms with Crippen LogP contribution in [0.5, 0.6) is 0 Å². The maximum absolute atomic E-state index is 5.74. The Labute approximate surface area is 139 Å². The molecule has 0 radical (unpaired) electrons. The van der Waals surface area contributed by atoms with Gasteiger partial charge in [0, 0.05) is 26.7 Å². The van der Waals surface area contributed by atoms with E-state index >= 15 is 0 Å². The Morgan fingerprint density at radius 1 is 1.10 bits per heavy atom. The van der Waals surface area contributed by atoms with Crippen LogP contribution in [-0.4, -0.2) is 9.97 Å². The Morgan fingerprint density at radius 3 is 2.71 bits per heavy atom. The van der Waals surface area contributed by atoms with Gasteiger partial charge in [-0.2, -0.15) is 0 Å². The van der Waals surface area contributed by atoms with Crippen molar-refractivity contribution in [1.29, 1.82) is 0 Å². The number of hydrogen-bond donors (Lipinski definition) is 2. The first-order chi connectivity index (χ1) is 10.2. The van der Waals surface area contributed by atoms with Crippen molar-refractivity contribution in [2.45, 2.75) is 6.04 Å². The van der Waals surface area contributed by atoms with Crippen LogP contribution in [0.4, 0.5) is 0 Å². The predicted octanol–water partition coefficient (Wildman–Crippen LogP) is 3.71. The van der Waals surface area contributed by atoms with Gasteiger partial charge in [0.05, 0.1) is 17.3 Å². The number of rotatable bonds is 3. The molecule has 106 valence electrons. The van der Waals surface area contributed by atoms with Gasteiger partial charge in [-0.15, -0.1) is 0 Å². The van der Waals surface area contributed by atoms with Gasteiger partial charge in [-0.1, -0.05) is 18.2 Å². The number of hydrazine groups is 1. The van der Waals surface area contributed by atoms with E-state index in [1.54, 1.807) is 12.4 Å². The van der Waals surface area contributed by atoms with E-state index < -0.39 is 0 Å². The van der Waals surface area contributed by atoms with Gasteiger partial charge in [0.25, 0.3) is 0 Å². The fraction of sp³-hybridized carbons (Fsp3) is 0.0667. The first-order valence-corrected chi connectivity index (χ1v) is 7.89. The zero-order chi connectivity index (χ0) is 14.8. The monoisotopic (exact) mass is 406 g/mol. The summed E-state index contributed by atoms with van der Waals surface area (Å²) in [5.74, 6) is 5.74. The Hall–Kier alpha value is -1.34. The summed E-state index contributed by atoms with van der Waals surface area (Å²) in [6.07, 6.45) is 3.54. The second-order valence-corrected chi connectivity index (χ2v) is 6.35. The number of nitrogens with two attached hydrogens (primary N) is 1. The van der Waals surface area contributed by atoms with Gasteiger partial charge in [-0.05, 0) is 55.6 Å². The zero-order valence-electron chi connectivity index (χ0n) is 10.9. The summed E-state index contributed by atoms with van der Waals surface area (Å²) in [5, 5.41) is 1.10. The summed E-state index contributed by atoms with van der Waals surface area (Å²) in [6, 6.07) is 11.8. The molecule has 1 atom stereocenters. The largest absolute Gasteiger partial charge is 0.271 e. The summed E-state index contributed by atoms with van der Waals surface area (Å²) < 4.78 is 1.80. The molecule has 0 aliphatic carbocycles. The van der Waals surface area contributed by atoms with Crippen molar-refractivity contribution in [1.82, 2.24) is 15.4 Å². The molecule has 0 bridgehead atoms. The maximum atomic E-state index is 5.74. The number of nitrogens with one attached hydrogen (secondary N) is 1. The minimum absolute atomic E-state index is 0.209. The molecule has 6 heteroatoms. The molecule has 0 saturated heterocycles. The topological polar surface area (TPSA) is 63.8 Å². The van der Waals surface area contributed by atoms with Crippen LogP contribution >= 0.6 is 31.9 Å². The summed E-state index contributed by atoms with van der Waals surface area (Å²) in [5.41, 5.74) is 5.60. The molecule has 0 aliphatic rings. The lowest BCUT2D eigenvalue weighted by molar-refractivity contribution is 0.618. The van der Waals surface area contributed by atoms with Crippen LogP contribution in [0.2, 0.25) is 0 Å². The van der Waals surface area contributed by atoms with Crippen LogP contribution in [0.3, 0.4) is 0 Å². The highest BCUT2D eigenvalue weighted by Crippen LogP contribution is 2.29. The molecule has 3 N–H and O–H groups in total. The van der Waals surface area contributed by atoms with E-state index in [0.29, 0.717) is 0 Å². The number of fused-ring (bicyclic) bond motifs is 1. The quantitative estimate of drug-likeness (QED) is 0.513. The van der Waals surface area contributed by atoms with Crippen molar-refractivity contribution in [2.75, 3.05) is 0 Å². The molecule has 2 aromatic heterocycles. The minimum atomic E-state index is -0.209. The van der Waals surface area contributed by atoms with Crippen LogP contribution in [-0.2, 0) is 0 Å². The minimum Gasteiger partial charge on any atom is -0.271 e. The molecule has 3 rings (SSSR count). The Bertz CT molecular complexity index is 791. The molecule has 0 saturated carbocycles. The summed E-state index contributed by atoms with van der Waals surface area (Å²) in [6.45, 7) is 0. The van der Waals surface area contributed by atoms with Gasteiger partial charge < -0.3 is 0 Å². The van der Waals surface area contributed by atoms with Crippen molar-refractivity contribution in [3.63, 3.8) is 0 Å². The number of hydrogen-bond acceptors (Lipinski definition) is 4. The Morgan fingerprint density at radius 2 is 1.95 bits per heavy atom. The van der Waals surface area contributed by atoms with E-state index in [1.807, 2.05) is 36.4 Å². The Kier molecular flexibility index (Phi) is 4.30. The van der Waals surface area contributed by atoms with E-state index in [-0.39, 0.29) is 6.04 Å². The third kappa shape index (κ3) is 2.98. The number of pyridine rings is 2. The van der Waals surface area contributed by atoms with Crippen LogP contribution in [0, 0.1) is 0 Å². The predicted molar refractivity (Wildman–Crippen MR) is 90.5 cm³/mol. The van der Waals surface area contributed by atoms with Crippen LogP contribution in [0.15, 0.2) is 57.7 Å². The number of halogens is 2. The molecule has 1 unspecified atom stereocenters. The van der Waals surface area contributed by atoms with Crippen LogP contribution < -0.4 is 11.3 Å². The first kappa shape index (κ1) is 14.6. The van der Waals surface area contributed by atoms with E-state index in [4.69, 9.17) is 5.84 Å². The highest BCUT2D eigenvalue weighted by molar-refractivity contribution is 9.11. The van der Waals surface area contributed by atoms with E-state index in [2.05, 4.69) is 47.3 Å². The molecule has 0 spiro atoms. The van der Waals surface area contributed by atoms with Crippen molar-refractivity contribution >= 4 is 42.8 Å². The summed E-state index contributed by atoms with van der Waals surface area (Å²) >= 11 is 6.93. The van der Waals surface area contributed by atoms with Gasteiger partial charge in [0.2, 0.25) is 0 Å². The Balaban J connectivity index is 2.09. The second kappa shape index (κ2) is 6.19. The smallest absolute Gasteiger partial charge is 0.0893 e. The highest BCUT2D eigenvalue weighted by atomic mass is 79.9. The third-order valence-corrected chi connectivity index (χ3v) is 4.31. The lowest BCUT2D eigenvalue weighted by Gasteiger charge is -2.17. The van der Waals surface area contributed by atoms with Gasteiger partial charge in [-0.25, -0.2) is 5.43 Å². The average Bonchev–Trinajstić information content (AvgIpc) is 2.50. The fourth-order valence-corrected chi connectivity index (χ4v) is 3.45. The number of nitrogens with zero attached hydrogens (tertiary/aromatic N) is 2. The standard InChI is InChI=1S/C15H12Br2N4/c16-11-7-12(17)15(20-8-11)14(21-18)10-4-3-9-2-1-5-19-13(9)6-10/h1-8,14,21H,18H2. The SMILES string of the molecule is NNC(c1ccc2cccnc2c1)c1ncc(Br)cc1Br. The van der Waals surface area contributed by atoms with Crippen molar-refractivity contribution < 1.29 is 0 Å². The summed E-state index contributed by atoms with van der Waals surface area (Å²) in [7, 11) is 0. The van der Waals surface area contributed by atoms with Crippen molar-refractivity contribution in [3.8, 4) is 0 Å². The molecule has 0 aliphatic heterocycles. The lowest BCUT2D eigenvalue weighted by Crippen LogP contribution is -2.29. The second-order valence-electron chi connectivity index (χ2n) is 4.58. The lowest BCUT2D eigenvalue weighted by atomic mass is 10.0. The average molecular weight is 408 g/mol. The van der Waals surface area contributed by atoms with E-state index in [0.717, 1.165) is 31.1 Å². The normalized spacial score (nSPS) is 12.5. The molecule has 1 aromatic carbocycles. The van der Waals surface area contributed by atoms with Crippen LogP contribution in [0.1, 0.15) is 17.3 Å². The fourth-order valence-electron chi connectivity index (χ4n) is 2.23. The molecule has 2 heterocycles. The molecular formula is C15H12Br2N4. The van der Waals surface area contributed by atoms with Gasteiger partial charge >= 0.3 is 0 Å². The number of aromatic nitrogens is 2. The molecule has 0 amide bonds. The zero-order valence-corrected chi connectivity index (χ0v) is 14.1. The maximum Gasteiger partial charge on any atom is 0.0893 e.